The number of rotatable bonds is 6. The van der Waals surface area contributed by atoms with Gasteiger partial charge in [-0.3, -0.25) is 4.79 Å². The van der Waals surface area contributed by atoms with Crippen LogP contribution in [0, 0.1) is 5.82 Å². The van der Waals surface area contributed by atoms with Crippen molar-refractivity contribution in [1.82, 2.24) is 9.55 Å². The number of halogens is 1. The molecule has 0 amide bonds. The zero-order valence-corrected chi connectivity index (χ0v) is 19.0. The third-order valence-corrected chi connectivity index (χ3v) is 5.64. The maximum Gasteiger partial charge on any atom is 0.309 e. The average Bonchev–Trinajstić information content (AvgIpc) is 3.17. The van der Waals surface area contributed by atoms with Gasteiger partial charge in [-0.15, -0.1) is 0 Å². The van der Waals surface area contributed by atoms with Crippen LogP contribution in [0.4, 0.5) is 10.1 Å². The van der Waals surface area contributed by atoms with Crippen LogP contribution in [0.2, 0.25) is 0 Å². The first kappa shape index (κ1) is 22.7. The minimum absolute atomic E-state index is 0.0133. The Balaban J connectivity index is 1.88. The van der Waals surface area contributed by atoms with E-state index in [-0.39, 0.29) is 18.2 Å². The van der Waals surface area contributed by atoms with E-state index >= 15 is 0 Å². The summed E-state index contributed by atoms with van der Waals surface area (Å²) in [5, 5.41) is 13.1. The molecule has 0 saturated carbocycles. The second-order valence-corrected chi connectivity index (χ2v) is 8.49. The van der Waals surface area contributed by atoms with Crippen molar-refractivity contribution in [1.29, 1.82) is 0 Å². The molecule has 0 aliphatic carbocycles. The molecule has 172 valence electrons. The van der Waals surface area contributed by atoms with Gasteiger partial charge in [0.15, 0.2) is 0 Å². The summed E-state index contributed by atoms with van der Waals surface area (Å²) >= 11 is 0. The molecular weight excluding hydrogens is 421 g/mol. The lowest BCUT2D eigenvalue weighted by molar-refractivity contribution is -0.156. The number of esters is 1. The number of ether oxygens (including phenoxy) is 1. The van der Waals surface area contributed by atoms with Crippen molar-refractivity contribution in [2.24, 2.45) is 0 Å². The molecule has 6 nitrogen and oxygen atoms in total. The maximum atomic E-state index is 13.7. The van der Waals surface area contributed by atoms with Crippen molar-refractivity contribution < 1.29 is 19.0 Å². The predicted octanol–water partition coefficient (Wildman–Crippen LogP) is 5.06. The van der Waals surface area contributed by atoms with Gasteiger partial charge in [-0.25, -0.2) is 9.37 Å². The average molecular weight is 450 g/mol. The number of carbonyl (C=O) groups is 1. The molecule has 2 aromatic carbocycles. The summed E-state index contributed by atoms with van der Waals surface area (Å²) in [6, 6.07) is 14.3. The molecular formula is C26H28FN3O3. The predicted molar refractivity (Wildman–Crippen MR) is 127 cm³/mol. The van der Waals surface area contributed by atoms with Gasteiger partial charge in [0.05, 0.1) is 23.9 Å². The number of nitrogens with one attached hydrogen (secondary N) is 1. The minimum atomic E-state index is -0.718. The lowest BCUT2D eigenvalue weighted by atomic mass is 10.0. The summed E-state index contributed by atoms with van der Waals surface area (Å²) in [4.78, 5) is 16.7. The molecule has 0 spiro atoms. The number of nitrogens with zero attached hydrogens (tertiary/aromatic N) is 2. The fourth-order valence-electron chi connectivity index (χ4n) is 4.02. The van der Waals surface area contributed by atoms with Crippen LogP contribution in [0.5, 0.6) is 0 Å². The number of aromatic nitrogens is 2. The Kier molecular flexibility index (Phi) is 6.60. The van der Waals surface area contributed by atoms with E-state index in [0.29, 0.717) is 6.42 Å². The molecule has 1 fully saturated rings. The highest BCUT2D eigenvalue weighted by atomic mass is 19.1. The van der Waals surface area contributed by atoms with Crippen molar-refractivity contribution in [3.05, 3.63) is 66.2 Å². The molecule has 3 aromatic rings. The van der Waals surface area contributed by atoms with Gasteiger partial charge < -0.3 is 19.7 Å². The number of aliphatic hydroxyl groups is 1. The van der Waals surface area contributed by atoms with E-state index in [9.17, 15) is 14.3 Å². The van der Waals surface area contributed by atoms with Gasteiger partial charge in [0.25, 0.3) is 0 Å². The summed E-state index contributed by atoms with van der Waals surface area (Å²) in [5.74, 6) is 0.181. The maximum absolute atomic E-state index is 13.7. The van der Waals surface area contributed by atoms with E-state index in [1.165, 1.54) is 12.1 Å². The summed E-state index contributed by atoms with van der Waals surface area (Å²) in [7, 11) is 1.86. The van der Waals surface area contributed by atoms with Crippen molar-refractivity contribution in [2.75, 3.05) is 12.4 Å². The second-order valence-electron chi connectivity index (χ2n) is 8.49. The van der Waals surface area contributed by atoms with Crippen LogP contribution in [0.15, 0.2) is 54.6 Å². The molecule has 1 saturated heterocycles. The Labute approximate surface area is 192 Å². The highest BCUT2D eigenvalue weighted by molar-refractivity contribution is 5.82. The number of cyclic esters (lactones) is 1. The number of anilines is 1. The molecule has 0 bridgehead atoms. The largest absolute Gasteiger partial charge is 0.458 e. The van der Waals surface area contributed by atoms with Crippen LogP contribution in [0.25, 0.3) is 28.7 Å². The topological polar surface area (TPSA) is 76.4 Å². The van der Waals surface area contributed by atoms with Gasteiger partial charge in [-0.1, -0.05) is 26.0 Å². The first-order valence-corrected chi connectivity index (χ1v) is 11.1. The van der Waals surface area contributed by atoms with E-state index in [0.717, 1.165) is 34.0 Å². The van der Waals surface area contributed by atoms with E-state index in [4.69, 9.17) is 9.72 Å². The zero-order chi connectivity index (χ0) is 23.5. The summed E-state index contributed by atoms with van der Waals surface area (Å²) in [5.41, 5.74) is 4.27. The van der Waals surface area contributed by atoms with Gasteiger partial charge in [0.2, 0.25) is 0 Å². The van der Waals surface area contributed by atoms with Crippen LogP contribution in [-0.4, -0.2) is 39.9 Å². The molecule has 1 aliphatic rings. The first-order valence-electron chi connectivity index (χ1n) is 11.1. The highest BCUT2D eigenvalue weighted by Crippen LogP contribution is 2.36. The van der Waals surface area contributed by atoms with Gasteiger partial charge in [0.1, 0.15) is 17.7 Å². The van der Waals surface area contributed by atoms with E-state index in [1.54, 1.807) is 18.2 Å². The molecule has 7 heteroatoms. The van der Waals surface area contributed by atoms with Crippen LogP contribution in [0.1, 0.15) is 38.4 Å². The van der Waals surface area contributed by atoms with Crippen molar-refractivity contribution in [2.45, 2.75) is 44.8 Å². The SMILES string of the molecule is CNc1cccc(-c2nc(C(C)C)n(/C=C/[C@H]3C[C@H](O)CC(=O)O3)c2-c2ccc(F)cc2)c1. The van der Waals surface area contributed by atoms with Crippen LogP contribution in [0.3, 0.4) is 0 Å². The monoisotopic (exact) mass is 449 g/mol. The third kappa shape index (κ3) is 4.98. The fraction of sp³-hybridized carbons (Fsp3) is 0.308. The van der Waals surface area contributed by atoms with Gasteiger partial charge in [-0.2, -0.15) is 0 Å². The van der Waals surface area contributed by atoms with Gasteiger partial charge in [0, 0.05) is 42.4 Å². The number of imidazole rings is 1. The van der Waals surface area contributed by atoms with Crippen LogP contribution >= 0.6 is 0 Å². The van der Waals surface area contributed by atoms with Crippen molar-refractivity contribution >= 4 is 17.9 Å². The van der Waals surface area contributed by atoms with Gasteiger partial charge in [-0.05, 0) is 42.5 Å². The number of hydrogen-bond acceptors (Lipinski definition) is 5. The molecule has 1 aromatic heterocycles. The molecule has 4 rings (SSSR count). The van der Waals surface area contributed by atoms with Crippen LogP contribution < -0.4 is 5.32 Å². The quantitative estimate of drug-likeness (QED) is 0.515. The van der Waals surface area contributed by atoms with Gasteiger partial charge >= 0.3 is 5.97 Å². The van der Waals surface area contributed by atoms with Crippen molar-refractivity contribution in [3.8, 4) is 22.5 Å². The lowest BCUT2D eigenvalue weighted by Gasteiger charge is -2.23. The number of hydrogen-bond donors (Lipinski definition) is 2. The van der Waals surface area contributed by atoms with Crippen molar-refractivity contribution in [3.63, 3.8) is 0 Å². The molecule has 2 N–H and O–H groups in total. The third-order valence-electron chi connectivity index (χ3n) is 5.64. The smallest absolute Gasteiger partial charge is 0.309 e. The summed E-state index contributed by atoms with van der Waals surface area (Å²) < 4.78 is 21.1. The summed E-state index contributed by atoms with van der Waals surface area (Å²) in [6.07, 6.45) is 2.72. The Morgan fingerprint density at radius 3 is 2.64 bits per heavy atom. The molecule has 0 unspecified atom stereocenters. The molecule has 33 heavy (non-hydrogen) atoms. The zero-order valence-electron chi connectivity index (χ0n) is 19.0. The Bertz CT molecular complexity index is 1170. The summed E-state index contributed by atoms with van der Waals surface area (Å²) in [6.45, 7) is 4.11. The van der Waals surface area contributed by atoms with E-state index in [1.807, 2.05) is 42.1 Å². The first-order chi connectivity index (χ1) is 15.9. The molecule has 2 heterocycles. The Morgan fingerprint density at radius 2 is 1.97 bits per heavy atom. The standard InChI is InChI=1S/C26H28FN3O3/c1-16(2)26-29-24(18-5-4-6-20(13-18)28-3)25(17-7-9-19(27)10-8-17)30(26)12-11-22-14-21(31)15-23(32)33-22/h4-13,16,21-22,28,31H,14-15H2,1-3H3/b12-11+/t21-,22-/m0/s1. The normalized spacial score (nSPS) is 18.7. The van der Waals surface area contributed by atoms with Crippen LogP contribution in [-0.2, 0) is 9.53 Å². The fourth-order valence-corrected chi connectivity index (χ4v) is 4.02. The number of carbonyl (C=O) groups excluding carboxylic acids is 1. The molecule has 0 radical (unpaired) electrons. The minimum Gasteiger partial charge on any atom is -0.458 e. The van der Waals surface area contributed by atoms with E-state index < -0.39 is 18.2 Å². The highest BCUT2D eigenvalue weighted by Gasteiger charge is 2.26. The molecule has 1 aliphatic heterocycles. The Hall–Kier alpha value is -3.45. The van der Waals surface area contributed by atoms with E-state index in [2.05, 4.69) is 19.2 Å². The Morgan fingerprint density at radius 1 is 1.21 bits per heavy atom. The second kappa shape index (κ2) is 9.58. The lowest BCUT2D eigenvalue weighted by Crippen LogP contribution is -2.31. The molecule has 2 atom stereocenters. The number of benzene rings is 2. The number of aliphatic hydroxyl groups excluding tert-OH is 1.